The number of rotatable bonds is 3. The van der Waals surface area contributed by atoms with E-state index in [1.54, 1.807) is 35.8 Å². The van der Waals surface area contributed by atoms with Gasteiger partial charge in [-0.3, -0.25) is 4.79 Å². The third-order valence-corrected chi connectivity index (χ3v) is 6.44. The van der Waals surface area contributed by atoms with Crippen LogP contribution in [0.25, 0.3) is 0 Å². The minimum absolute atomic E-state index is 0.166. The van der Waals surface area contributed by atoms with Crippen LogP contribution >= 0.6 is 0 Å². The zero-order valence-electron chi connectivity index (χ0n) is 14.8. The monoisotopic (exact) mass is 368 g/mol. The normalized spacial score (nSPS) is 15.8. The van der Waals surface area contributed by atoms with Crippen molar-refractivity contribution in [1.29, 1.82) is 0 Å². The molecule has 0 atom stereocenters. The minimum Gasteiger partial charge on any atom is -0.453 e. The molecule has 1 aliphatic heterocycles. The van der Waals surface area contributed by atoms with E-state index in [0.717, 1.165) is 0 Å². The lowest BCUT2D eigenvalue weighted by Gasteiger charge is -2.21. The maximum absolute atomic E-state index is 12.6. The minimum atomic E-state index is -3.35. The smallest absolute Gasteiger partial charge is 0.409 e. The highest BCUT2D eigenvalue weighted by Gasteiger charge is 2.24. The molecule has 25 heavy (non-hydrogen) atoms. The number of carbonyl (C=O) groups is 2. The molecule has 1 fully saturated rings. The van der Waals surface area contributed by atoms with Crippen LogP contribution in [0.2, 0.25) is 0 Å². The highest BCUT2D eigenvalue weighted by molar-refractivity contribution is 7.92. The van der Waals surface area contributed by atoms with E-state index in [9.17, 15) is 18.0 Å². The highest BCUT2D eigenvalue weighted by atomic mass is 32.2. The van der Waals surface area contributed by atoms with Crippen LogP contribution in [0.3, 0.4) is 0 Å². The van der Waals surface area contributed by atoms with E-state index in [2.05, 4.69) is 0 Å². The molecule has 0 spiro atoms. The van der Waals surface area contributed by atoms with E-state index in [1.165, 1.54) is 19.2 Å². The van der Waals surface area contributed by atoms with E-state index in [-0.39, 0.29) is 10.8 Å². The van der Waals surface area contributed by atoms with Gasteiger partial charge in [-0.05, 0) is 44.5 Å². The molecule has 2 rings (SSSR count). The Balaban J connectivity index is 2.09. The van der Waals surface area contributed by atoms with Gasteiger partial charge in [0, 0.05) is 31.7 Å². The molecule has 1 heterocycles. The molecule has 0 bridgehead atoms. The van der Waals surface area contributed by atoms with Crippen molar-refractivity contribution in [2.45, 2.75) is 30.4 Å². The van der Waals surface area contributed by atoms with Crippen LogP contribution in [0.1, 0.15) is 30.6 Å². The number of sulfone groups is 1. The molecule has 0 aliphatic carbocycles. The summed E-state index contributed by atoms with van der Waals surface area (Å²) < 4.78 is 29.0. The Morgan fingerprint density at radius 1 is 1.00 bits per heavy atom. The van der Waals surface area contributed by atoms with Gasteiger partial charge in [0.05, 0.1) is 17.3 Å². The molecule has 1 aromatic rings. The first-order chi connectivity index (χ1) is 11.8. The molecule has 8 heteroatoms. The lowest BCUT2D eigenvalue weighted by atomic mass is 10.2. The van der Waals surface area contributed by atoms with Crippen molar-refractivity contribution in [2.75, 3.05) is 33.3 Å². The van der Waals surface area contributed by atoms with Gasteiger partial charge in [-0.2, -0.15) is 0 Å². The molecule has 1 aliphatic rings. The molecule has 138 valence electrons. The van der Waals surface area contributed by atoms with Gasteiger partial charge in [0.1, 0.15) is 0 Å². The van der Waals surface area contributed by atoms with E-state index in [4.69, 9.17) is 4.74 Å². The quantitative estimate of drug-likeness (QED) is 0.812. The first kappa shape index (κ1) is 19.2. The number of benzene rings is 1. The fourth-order valence-corrected chi connectivity index (χ4v) is 3.73. The Morgan fingerprint density at radius 3 is 2.12 bits per heavy atom. The summed E-state index contributed by atoms with van der Waals surface area (Å²) >= 11 is 0. The van der Waals surface area contributed by atoms with Crippen molar-refractivity contribution in [2.24, 2.45) is 0 Å². The number of nitrogens with zero attached hydrogens (tertiary/aromatic N) is 2. The second-order valence-corrected chi connectivity index (χ2v) is 8.73. The second-order valence-electron chi connectivity index (χ2n) is 6.22. The third-order valence-electron chi connectivity index (χ3n) is 4.27. The summed E-state index contributed by atoms with van der Waals surface area (Å²) in [6.45, 7) is 5.16. The Labute approximate surface area is 148 Å². The van der Waals surface area contributed by atoms with Gasteiger partial charge < -0.3 is 14.5 Å². The van der Waals surface area contributed by atoms with Gasteiger partial charge in [-0.1, -0.05) is 0 Å². The van der Waals surface area contributed by atoms with Crippen LogP contribution in [0.15, 0.2) is 29.2 Å². The summed E-state index contributed by atoms with van der Waals surface area (Å²) in [6.07, 6.45) is 0.276. The molecule has 0 saturated carbocycles. The number of amides is 2. The lowest BCUT2D eigenvalue weighted by Crippen LogP contribution is -2.37. The first-order valence-corrected chi connectivity index (χ1v) is 9.78. The van der Waals surface area contributed by atoms with Crippen LogP contribution in [0, 0.1) is 0 Å². The Bertz CT molecular complexity index is 728. The van der Waals surface area contributed by atoms with Crippen molar-refractivity contribution < 1.29 is 22.7 Å². The largest absolute Gasteiger partial charge is 0.453 e. The Morgan fingerprint density at radius 2 is 1.56 bits per heavy atom. The average molecular weight is 368 g/mol. The van der Waals surface area contributed by atoms with Gasteiger partial charge in [0.25, 0.3) is 5.91 Å². The number of carbonyl (C=O) groups excluding carboxylic acids is 2. The maximum Gasteiger partial charge on any atom is 0.409 e. The van der Waals surface area contributed by atoms with Crippen molar-refractivity contribution in [3.8, 4) is 0 Å². The van der Waals surface area contributed by atoms with Gasteiger partial charge in [0.2, 0.25) is 0 Å². The summed E-state index contributed by atoms with van der Waals surface area (Å²) in [4.78, 5) is 27.7. The van der Waals surface area contributed by atoms with Gasteiger partial charge >= 0.3 is 6.09 Å². The first-order valence-electron chi connectivity index (χ1n) is 8.23. The average Bonchev–Trinajstić information content (AvgIpc) is 2.86. The summed E-state index contributed by atoms with van der Waals surface area (Å²) in [6, 6.07) is 6.03. The number of methoxy groups -OCH3 is 1. The van der Waals surface area contributed by atoms with Gasteiger partial charge in [-0.15, -0.1) is 0 Å². The van der Waals surface area contributed by atoms with E-state index in [0.29, 0.717) is 38.2 Å². The molecule has 2 amide bonds. The molecule has 0 N–H and O–H groups in total. The number of ether oxygens (including phenoxy) is 1. The maximum atomic E-state index is 12.6. The summed E-state index contributed by atoms with van der Waals surface area (Å²) in [7, 11) is -2.02. The summed E-state index contributed by atoms with van der Waals surface area (Å²) in [5.41, 5.74) is 0.439. The Hall–Kier alpha value is -2.09. The highest BCUT2D eigenvalue weighted by Crippen LogP contribution is 2.18. The standard InChI is InChI=1S/C17H24N2O5S/c1-13(2)25(22,23)15-7-5-14(6-8-15)16(20)18-9-4-10-19(12-11-18)17(21)24-3/h5-8,13H,4,9-12H2,1-3H3. The van der Waals surface area contributed by atoms with Crippen molar-refractivity contribution >= 4 is 21.8 Å². The topological polar surface area (TPSA) is 84.0 Å². The third kappa shape index (κ3) is 4.31. The molecule has 1 saturated heterocycles. The molecule has 7 nitrogen and oxygen atoms in total. The molecule has 0 unspecified atom stereocenters. The van der Waals surface area contributed by atoms with Gasteiger partial charge in [-0.25, -0.2) is 13.2 Å². The lowest BCUT2D eigenvalue weighted by molar-refractivity contribution is 0.0757. The zero-order valence-corrected chi connectivity index (χ0v) is 15.6. The van der Waals surface area contributed by atoms with E-state index >= 15 is 0 Å². The Kier molecular flexibility index (Phi) is 6.05. The predicted octanol–water partition coefficient (Wildman–Crippen LogP) is 1.78. The van der Waals surface area contributed by atoms with Crippen molar-refractivity contribution in [1.82, 2.24) is 9.80 Å². The summed E-state index contributed by atoms with van der Waals surface area (Å²) in [5, 5.41) is -0.510. The molecule has 0 aromatic heterocycles. The van der Waals surface area contributed by atoms with Crippen LogP contribution in [0.4, 0.5) is 4.79 Å². The summed E-state index contributed by atoms with van der Waals surface area (Å²) in [5.74, 6) is -0.166. The fraction of sp³-hybridized carbons (Fsp3) is 0.529. The van der Waals surface area contributed by atoms with Crippen molar-refractivity contribution in [3.63, 3.8) is 0 Å². The second kappa shape index (κ2) is 7.86. The molecule has 0 radical (unpaired) electrons. The van der Waals surface area contributed by atoms with Crippen LogP contribution < -0.4 is 0 Å². The number of hydrogen-bond acceptors (Lipinski definition) is 5. The van der Waals surface area contributed by atoms with Gasteiger partial charge in [0.15, 0.2) is 9.84 Å². The number of hydrogen-bond donors (Lipinski definition) is 0. The van der Waals surface area contributed by atoms with E-state index < -0.39 is 21.2 Å². The SMILES string of the molecule is COC(=O)N1CCCN(C(=O)c2ccc(S(=O)(=O)C(C)C)cc2)CC1. The molecule has 1 aromatic carbocycles. The molecular formula is C17H24N2O5S. The predicted molar refractivity (Wildman–Crippen MR) is 93.3 cm³/mol. The fourth-order valence-electron chi connectivity index (χ4n) is 2.67. The zero-order chi connectivity index (χ0) is 18.6. The van der Waals surface area contributed by atoms with Crippen LogP contribution in [-0.4, -0.2) is 68.8 Å². The van der Waals surface area contributed by atoms with Crippen LogP contribution in [0.5, 0.6) is 0 Å². The molecular weight excluding hydrogens is 344 g/mol. The van der Waals surface area contributed by atoms with E-state index in [1.807, 2.05) is 0 Å². The van der Waals surface area contributed by atoms with Crippen LogP contribution in [-0.2, 0) is 14.6 Å². The van der Waals surface area contributed by atoms with Crippen molar-refractivity contribution in [3.05, 3.63) is 29.8 Å².